The van der Waals surface area contributed by atoms with E-state index in [1.165, 1.54) is 5.56 Å². The Morgan fingerprint density at radius 3 is 1.53 bits per heavy atom. The molecule has 1 heterocycles. The Morgan fingerprint density at radius 1 is 0.700 bits per heavy atom. The Kier molecular flexibility index (Phi) is 4.62. The molecule has 3 nitrogen and oxygen atoms in total. The molecule has 3 aromatic rings. The predicted octanol–water partition coefficient (Wildman–Crippen LogP) is 6.83. The van der Waals surface area contributed by atoms with Crippen LogP contribution in [0.25, 0.3) is 0 Å². The molecule has 30 heavy (non-hydrogen) atoms. The lowest BCUT2D eigenvalue weighted by Crippen LogP contribution is -2.24. The summed E-state index contributed by atoms with van der Waals surface area (Å²) in [6.07, 6.45) is 0. The molecule has 4 heteroatoms. The van der Waals surface area contributed by atoms with Crippen molar-refractivity contribution in [3.05, 3.63) is 76.3 Å². The van der Waals surface area contributed by atoms with E-state index in [1.54, 1.807) is 12.1 Å². The highest BCUT2D eigenvalue weighted by Crippen LogP contribution is 2.50. The van der Waals surface area contributed by atoms with E-state index in [1.807, 2.05) is 38.1 Å². The van der Waals surface area contributed by atoms with E-state index in [2.05, 4.69) is 51.7 Å². The second kappa shape index (κ2) is 6.71. The molecule has 0 saturated heterocycles. The van der Waals surface area contributed by atoms with Crippen LogP contribution >= 0.6 is 0 Å². The Bertz CT molecular complexity index is 1200. The fraction of sp³-hybridized carbons (Fsp3) is 0.308. The molecule has 3 aromatic carbocycles. The Labute approximate surface area is 180 Å². The third-order valence-corrected chi connectivity index (χ3v) is 7.68. The van der Waals surface area contributed by atoms with E-state index >= 15 is 0 Å². The van der Waals surface area contributed by atoms with Crippen molar-refractivity contribution in [1.82, 2.24) is 0 Å². The summed E-state index contributed by atoms with van der Waals surface area (Å²) in [5.74, 6) is 0. The third-order valence-electron chi connectivity index (χ3n) is 5.87. The number of anilines is 3. The van der Waals surface area contributed by atoms with Crippen LogP contribution in [0.3, 0.4) is 0 Å². The normalized spacial score (nSPS) is 15.0. The Morgan fingerprint density at radius 2 is 1.13 bits per heavy atom. The van der Waals surface area contributed by atoms with Crippen LogP contribution in [0.5, 0.6) is 0 Å². The minimum atomic E-state index is -3.59. The zero-order chi connectivity index (χ0) is 22.0. The van der Waals surface area contributed by atoms with Crippen molar-refractivity contribution in [3.8, 4) is 0 Å². The molecule has 0 aliphatic carbocycles. The SMILES string of the molecule is Cc1ccc2c(c1)S(=O)(=O)c1cc(C)ccc1N2c1c(C)cc(C(C)(C)C)cc1C. The molecule has 1 aliphatic heterocycles. The first-order valence-electron chi connectivity index (χ1n) is 10.3. The number of hydrogen-bond donors (Lipinski definition) is 0. The summed E-state index contributed by atoms with van der Waals surface area (Å²) in [5, 5.41) is 0. The van der Waals surface area contributed by atoms with Gasteiger partial charge in [-0.05, 0) is 85.2 Å². The molecular weight excluding hydrogens is 390 g/mol. The van der Waals surface area contributed by atoms with Crippen LogP contribution in [0.15, 0.2) is 58.3 Å². The van der Waals surface area contributed by atoms with Gasteiger partial charge in [0.15, 0.2) is 0 Å². The first kappa shape index (κ1) is 20.7. The van der Waals surface area contributed by atoms with E-state index in [0.29, 0.717) is 21.2 Å². The number of nitrogens with zero attached hydrogens (tertiary/aromatic N) is 1. The highest BCUT2D eigenvalue weighted by Gasteiger charge is 2.36. The summed E-state index contributed by atoms with van der Waals surface area (Å²) in [7, 11) is -3.59. The van der Waals surface area contributed by atoms with Crippen LogP contribution in [0.4, 0.5) is 17.1 Å². The van der Waals surface area contributed by atoms with Gasteiger partial charge in [0.2, 0.25) is 9.84 Å². The first-order chi connectivity index (χ1) is 13.9. The van der Waals surface area contributed by atoms with E-state index in [0.717, 1.165) is 27.9 Å². The van der Waals surface area contributed by atoms with Crippen LogP contribution in [-0.4, -0.2) is 8.42 Å². The van der Waals surface area contributed by atoms with Crippen LogP contribution in [0.1, 0.15) is 48.6 Å². The molecule has 0 spiro atoms. The molecule has 0 bridgehead atoms. The van der Waals surface area contributed by atoms with Gasteiger partial charge in [-0.2, -0.15) is 0 Å². The van der Waals surface area contributed by atoms with Gasteiger partial charge in [-0.25, -0.2) is 8.42 Å². The Balaban J connectivity index is 2.08. The van der Waals surface area contributed by atoms with E-state index in [9.17, 15) is 8.42 Å². The lowest BCUT2D eigenvalue weighted by molar-refractivity contribution is 0.589. The molecule has 0 aromatic heterocycles. The number of fused-ring (bicyclic) bond motifs is 2. The van der Waals surface area contributed by atoms with Crippen LogP contribution in [-0.2, 0) is 15.3 Å². The largest absolute Gasteiger partial charge is 0.307 e. The lowest BCUT2D eigenvalue weighted by atomic mass is 9.84. The Hall–Kier alpha value is -2.59. The van der Waals surface area contributed by atoms with Crippen molar-refractivity contribution in [2.45, 2.75) is 63.7 Å². The summed E-state index contributed by atoms with van der Waals surface area (Å²) >= 11 is 0. The van der Waals surface area contributed by atoms with Crippen molar-refractivity contribution in [1.29, 1.82) is 0 Å². The van der Waals surface area contributed by atoms with E-state index < -0.39 is 9.84 Å². The number of rotatable bonds is 1. The van der Waals surface area contributed by atoms with Crippen molar-refractivity contribution >= 4 is 26.9 Å². The number of hydrogen-bond acceptors (Lipinski definition) is 3. The van der Waals surface area contributed by atoms with E-state index in [-0.39, 0.29) is 5.41 Å². The average molecular weight is 420 g/mol. The molecular formula is C26H29NO2S. The summed E-state index contributed by atoms with van der Waals surface area (Å²) in [5.41, 5.74) is 7.94. The van der Waals surface area contributed by atoms with Crippen molar-refractivity contribution in [3.63, 3.8) is 0 Å². The van der Waals surface area contributed by atoms with Gasteiger partial charge >= 0.3 is 0 Å². The molecule has 0 amide bonds. The maximum Gasteiger partial charge on any atom is 0.210 e. The monoisotopic (exact) mass is 419 g/mol. The highest BCUT2D eigenvalue weighted by atomic mass is 32.2. The van der Waals surface area contributed by atoms with Gasteiger partial charge in [0.05, 0.1) is 26.9 Å². The standard InChI is InChI=1S/C26H29NO2S/c1-16-8-10-21-23(12-16)30(28,29)24-13-17(2)9-11-22(24)27(21)25-18(3)14-20(15-19(25)4)26(5,6)7/h8-15H,1-7H3. The predicted molar refractivity (Wildman–Crippen MR) is 124 cm³/mol. The van der Waals surface area contributed by atoms with Gasteiger partial charge in [0.25, 0.3) is 0 Å². The maximum absolute atomic E-state index is 13.5. The van der Waals surface area contributed by atoms with Crippen LogP contribution in [0.2, 0.25) is 0 Å². The topological polar surface area (TPSA) is 37.4 Å². The smallest absolute Gasteiger partial charge is 0.210 e. The second-order valence-corrected chi connectivity index (χ2v) is 11.4. The molecule has 156 valence electrons. The van der Waals surface area contributed by atoms with E-state index in [4.69, 9.17) is 0 Å². The number of sulfone groups is 1. The lowest BCUT2D eigenvalue weighted by Gasteiger charge is -2.36. The summed E-state index contributed by atoms with van der Waals surface area (Å²) in [4.78, 5) is 2.88. The summed E-state index contributed by atoms with van der Waals surface area (Å²) < 4.78 is 27.0. The highest BCUT2D eigenvalue weighted by molar-refractivity contribution is 7.92. The summed E-state index contributed by atoms with van der Waals surface area (Å²) in [6, 6.07) is 15.9. The van der Waals surface area contributed by atoms with Gasteiger partial charge in [-0.1, -0.05) is 45.0 Å². The zero-order valence-electron chi connectivity index (χ0n) is 18.8. The third kappa shape index (κ3) is 3.14. The number of aryl methyl sites for hydroxylation is 4. The van der Waals surface area contributed by atoms with Gasteiger partial charge in [-0.3, -0.25) is 0 Å². The molecule has 0 radical (unpaired) electrons. The minimum Gasteiger partial charge on any atom is -0.307 e. The molecule has 0 fully saturated rings. The van der Waals surface area contributed by atoms with Gasteiger partial charge in [0.1, 0.15) is 0 Å². The van der Waals surface area contributed by atoms with Crippen LogP contribution < -0.4 is 4.90 Å². The van der Waals surface area contributed by atoms with Crippen molar-refractivity contribution in [2.24, 2.45) is 0 Å². The fourth-order valence-electron chi connectivity index (χ4n) is 4.27. The molecule has 4 rings (SSSR count). The first-order valence-corrected chi connectivity index (χ1v) is 11.8. The molecule has 0 atom stereocenters. The average Bonchev–Trinajstić information content (AvgIpc) is 2.63. The molecule has 0 N–H and O–H groups in total. The second-order valence-electron chi connectivity index (χ2n) is 9.49. The molecule has 0 saturated carbocycles. The quantitative estimate of drug-likeness (QED) is 0.339. The van der Waals surface area contributed by atoms with Gasteiger partial charge in [0, 0.05) is 0 Å². The van der Waals surface area contributed by atoms with Gasteiger partial charge < -0.3 is 4.90 Å². The van der Waals surface area contributed by atoms with Crippen LogP contribution in [0, 0.1) is 27.7 Å². The number of benzene rings is 3. The fourth-order valence-corrected chi connectivity index (χ4v) is 6.06. The van der Waals surface area contributed by atoms with Crippen molar-refractivity contribution < 1.29 is 8.42 Å². The minimum absolute atomic E-state index is 0.0450. The van der Waals surface area contributed by atoms with Crippen molar-refractivity contribution in [2.75, 3.05) is 4.90 Å². The zero-order valence-corrected chi connectivity index (χ0v) is 19.6. The molecule has 1 aliphatic rings. The van der Waals surface area contributed by atoms with Gasteiger partial charge in [-0.15, -0.1) is 0 Å². The summed E-state index contributed by atoms with van der Waals surface area (Å²) in [6.45, 7) is 14.7. The molecule has 0 unspecified atom stereocenters. The maximum atomic E-state index is 13.5.